The van der Waals surface area contributed by atoms with Crippen molar-refractivity contribution in [3.05, 3.63) is 44.0 Å². The molecule has 0 bridgehead atoms. The Morgan fingerprint density at radius 1 is 1.12 bits per heavy atom. The minimum Gasteiger partial charge on any atom is -0.462 e. The lowest BCUT2D eigenvalue weighted by Crippen LogP contribution is -2.49. The average molecular weight is 715 g/mol. The Kier molecular flexibility index (Phi) is 15.6. The molecule has 2 rings (SSSR count). The molecule has 2 heterocycles. The monoisotopic (exact) mass is 714 g/mol. The number of nitrogens with one attached hydrogen (secondary N) is 1. The van der Waals surface area contributed by atoms with Gasteiger partial charge in [-0.05, 0) is 52.2 Å². The molecule has 48 heavy (non-hydrogen) atoms. The summed E-state index contributed by atoms with van der Waals surface area (Å²) >= 11 is 0. The molecule has 272 valence electrons. The Bertz CT molecular complexity index is 1380. The van der Waals surface area contributed by atoms with Gasteiger partial charge in [-0.3, -0.25) is 23.9 Å². The summed E-state index contributed by atoms with van der Waals surface area (Å²) in [6, 6.07) is 0.121. The zero-order chi connectivity index (χ0) is 36.6. The molecule has 0 spiro atoms. The van der Waals surface area contributed by atoms with E-state index in [1.165, 1.54) is 24.6 Å². The number of nitrogens with zero attached hydrogens (tertiary/aromatic N) is 3. The summed E-state index contributed by atoms with van der Waals surface area (Å²) in [4.78, 5) is 55.6. The van der Waals surface area contributed by atoms with Gasteiger partial charge in [0.05, 0.1) is 18.2 Å². The maximum atomic E-state index is 13.5. The number of ether oxygens (including phenoxy) is 3. The van der Waals surface area contributed by atoms with E-state index in [0.29, 0.717) is 6.42 Å². The van der Waals surface area contributed by atoms with Crippen LogP contribution >= 0.6 is 8.53 Å². The van der Waals surface area contributed by atoms with Crippen LogP contribution in [0.2, 0.25) is 18.1 Å². The summed E-state index contributed by atoms with van der Waals surface area (Å²) in [5.41, 5.74) is -1.24. The highest BCUT2D eigenvalue weighted by Crippen LogP contribution is 2.52. The molecule has 14 nitrogen and oxygen atoms in total. The number of aromatic amines is 1. The molecule has 1 aromatic heterocycles. The number of rotatable bonds is 17. The summed E-state index contributed by atoms with van der Waals surface area (Å²) in [5.74, 6) is -1.20. The molecule has 16 heteroatoms. The predicted octanol–water partition coefficient (Wildman–Crippen LogP) is 4.94. The van der Waals surface area contributed by atoms with Gasteiger partial charge >= 0.3 is 17.6 Å². The topological polar surface area (TPSA) is 152 Å². The second kappa shape index (κ2) is 18.0. The first kappa shape index (κ1) is 41.7. The SMILES string of the molecule is [C-]#[N+]CCOP(OC1[C@@H](CC)O[C@@H](c2cn(CC(COC(C)=O)OC(C)=O)c(=O)[nH]c2=O)[C@H]1O[Si](C)(C)C(C)(C)C)N(C(C)C)C(C)C. The van der Waals surface area contributed by atoms with E-state index < -0.39 is 70.6 Å². The lowest BCUT2D eigenvalue weighted by molar-refractivity contribution is -0.157. The van der Waals surface area contributed by atoms with Crippen LogP contribution in [0, 0.1) is 6.57 Å². The summed E-state index contributed by atoms with van der Waals surface area (Å²) < 4.78 is 40.5. The minimum absolute atomic E-state index is 0.0607. The summed E-state index contributed by atoms with van der Waals surface area (Å²) in [5, 5.41) is -0.204. The van der Waals surface area contributed by atoms with Gasteiger partial charge in [0, 0.05) is 32.1 Å². The van der Waals surface area contributed by atoms with Gasteiger partial charge in [0.25, 0.3) is 14.1 Å². The van der Waals surface area contributed by atoms with Crippen LogP contribution in [0.5, 0.6) is 0 Å². The Labute approximate surface area is 286 Å². The van der Waals surface area contributed by atoms with Crippen LogP contribution in [0.4, 0.5) is 0 Å². The van der Waals surface area contributed by atoms with Gasteiger partial charge in [0.1, 0.15) is 31.5 Å². The van der Waals surface area contributed by atoms with Crippen molar-refractivity contribution in [2.45, 2.75) is 143 Å². The highest BCUT2D eigenvalue weighted by molar-refractivity contribution is 7.44. The van der Waals surface area contributed by atoms with E-state index in [2.05, 4.69) is 76.1 Å². The Morgan fingerprint density at radius 2 is 1.75 bits per heavy atom. The van der Waals surface area contributed by atoms with Crippen molar-refractivity contribution in [1.82, 2.24) is 14.2 Å². The van der Waals surface area contributed by atoms with E-state index >= 15 is 0 Å². The second-order valence-electron chi connectivity index (χ2n) is 14.0. The van der Waals surface area contributed by atoms with Crippen LogP contribution in [-0.4, -0.2) is 90.7 Å². The van der Waals surface area contributed by atoms with Crippen LogP contribution in [0.3, 0.4) is 0 Å². The zero-order valence-electron chi connectivity index (χ0n) is 30.5. The average Bonchev–Trinajstić information content (AvgIpc) is 3.27. The first-order valence-corrected chi connectivity index (χ1v) is 20.5. The Morgan fingerprint density at radius 3 is 2.25 bits per heavy atom. The molecule has 6 atom stereocenters. The molecule has 0 aromatic carbocycles. The van der Waals surface area contributed by atoms with Crippen molar-refractivity contribution in [1.29, 1.82) is 0 Å². The quantitative estimate of drug-likeness (QED) is 0.0768. The smallest absolute Gasteiger partial charge is 0.328 e. The molecule has 1 aromatic rings. The minimum atomic E-state index is -2.52. The maximum Gasteiger partial charge on any atom is 0.328 e. The molecule has 1 aliphatic heterocycles. The third-order valence-corrected chi connectivity index (χ3v) is 15.0. The van der Waals surface area contributed by atoms with Crippen LogP contribution < -0.4 is 11.2 Å². The number of aromatic nitrogens is 2. The van der Waals surface area contributed by atoms with Gasteiger partial charge < -0.3 is 32.5 Å². The Balaban J connectivity index is 2.69. The van der Waals surface area contributed by atoms with E-state index in [9.17, 15) is 19.2 Å². The normalized spacial score (nSPS) is 21.4. The zero-order valence-corrected chi connectivity index (χ0v) is 32.4. The van der Waals surface area contributed by atoms with Gasteiger partial charge in [-0.15, -0.1) is 0 Å². The lowest BCUT2D eigenvalue weighted by atomic mass is 10.0. The van der Waals surface area contributed by atoms with Crippen molar-refractivity contribution in [3.63, 3.8) is 0 Å². The fourth-order valence-corrected chi connectivity index (χ4v) is 8.18. The Hall–Kier alpha value is -2.44. The van der Waals surface area contributed by atoms with Crippen molar-refractivity contribution in [2.75, 3.05) is 19.8 Å². The van der Waals surface area contributed by atoms with Crippen molar-refractivity contribution in [2.24, 2.45) is 0 Å². The first-order valence-electron chi connectivity index (χ1n) is 16.4. The molecule has 1 aliphatic rings. The molecule has 1 N–H and O–H groups in total. The number of hydrogen-bond acceptors (Lipinski definition) is 11. The van der Waals surface area contributed by atoms with Crippen molar-refractivity contribution < 1.29 is 37.3 Å². The van der Waals surface area contributed by atoms with E-state index in [-0.39, 0.29) is 49.0 Å². The van der Waals surface area contributed by atoms with E-state index in [0.717, 1.165) is 0 Å². The highest BCUT2D eigenvalue weighted by atomic mass is 31.2. The molecule has 1 saturated heterocycles. The van der Waals surface area contributed by atoms with Gasteiger partial charge in [-0.1, -0.05) is 27.7 Å². The largest absolute Gasteiger partial charge is 0.462 e. The number of hydrogen-bond donors (Lipinski definition) is 1. The van der Waals surface area contributed by atoms with Gasteiger partial charge in [-0.25, -0.2) is 16.0 Å². The third-order valence-electron chi connectivity index (χ3n) is 8.36. The predicted molar refractivity (Wildman–Crippen MR) is 185 cm³/mol. The van der Waals surface area contributed by atoms with Gasteiger partial charge in [0.15, 0.2) is 14.4 Å². The number of esters is 2. The van der Waals surface area contributed by atoms with Gasteiger partial charge in [0.2, 0.25) is 6.54 Å². The molecule has 0 amide bonds. The molecule has 3 unspecified atom stereocenters. The van der Waals surface area contributed by atoms with Crippen LogP contribution in [0.1, 0.15) is 87.3 Å². The lowest BCUT2D eigenvalue weighted by Gasteiger charge is -2.42. The van der Waals surface area contributed by atoms with Crippen LogP contribution in [-0.2, 0) is 43.8 Å². The summed E-state index contributed by atoms with van der Waals surface area (Å²) in [6.45, 7) is 30.3. The number of H-pyrrole nitrogens is 1. The molecular weight excluding hydrogens is 659 g/mol. The van der Waals surface area contributed by atoms with Crippen LogP contribution in [0.25, 0.3) is 4.85 Å². The first-order chi connectivity index (χ1) is 22.2. The maximum absolute atomic E-state index is 13.5. The van der Waals surface area contributed by atoms with E-state index in [1.54, 1.807) is 0 Å². The van der Waals surface area contributed by atoms with E-state index in [4.69, 9.17) is 34.3 Å². The second-order valence-corrected chi connectivity index (χ2v) is 20.1. The van der Waals surface area contributed by atoms with Gasteiger partial charge in [-0.2, -0.15) is 0 Å². The summed E-state index contributed by atoms with van der Waals surface area (Å²) in [7, 11) is -4.20. The molecule has 0 saturated carbocycles. The molecule has 0 radical (unpaired) electrons. The van der Waals surface area contributed by atoms with Crippen molar-refractivity contribution in [3.8, 4) is 0 Å². The fraction of sp³-hybridized carbons (Fsp3) is 0.781. The molecule has 1 fully saturated rings. The molecular formula is C32H55N4O10PSi. The highest BCUT2D eigenvalue weighted by Gasteiger charge is 2.53. The fourth-order valence-electron chi connectivity index (χ4n) is 5.13. The number of carbonyl (C=O) groups excluding carboxylic acids is 2. The third kappa shape index (κ3) is 11.3. The molecule has 0 aliphatic carbocycles. The standard InChI is InChI=1S/C32H55N4O10PSi/c1-14-26-28(45-47(42-16-15-33-11)36(20(2)3)21(4)5)29(46-48(12,13)32(8,9)10)27(44-26)25-18-35(31(40)34-30(25)39)17-24(43-23(7)38)19-41-22(6)37/h18,20-21,24,26-29H,14-17,19H2,1-10,12-13H3,(H,34,39,40)/t24?,26-,27+,28?,29-,47?/m1/s1. The summed E-state index contributed by atoms with van der Waals surface area (Å²) in [6.07, 6.45) is -1.93. The number of carbonyl (C=O) groups is 2. The van der Waals surface area contributed by atoms with Crippen molar-refractivity contribution >= 4 is 28.8 Å². The van der Waals surface area contributed by atoms with Crippen LogP contribution in [0.15, 0.2) is 15.8 Å². The van der Waals surface area contributed by atoms with E-state index in [1.807, 2.05) is 6.92 Å².